The molecule has 0 aliphatic rings. The second kappa shape index (κ2) is 7.29. The first kappa shape index (κ1) is 14.9. The fraction of sp³-hybridized carbons (Fsp3) is 0. The molecule has 0 N–H and O–H groups in total. The summed E-state index contributed by atoms with van der Waals surface area (Å²) in [5.41, 5.74) is 4.00. The van der Waals surface area contributed by atoms with Gasteiger partial charge in [-0.15, -0.1) is 24.0 Å². The van der Waals surface area contributed by atoms with Gasteiger partial charge in [-0.3, -0.25) is 0 Å². The summed E-state index contributed by atoms with van der Waals surface area (Å²) in [7, 11) is 0. The van der Waals surface area contributed by atoms with Crippen LogP contribution in [-0.2, 0) is 0 Å². The third-order valence-corrected chi connectivity index (χ3v) is 3.40. The van der Waals surface area contributed by atoms with Crippen LogP contribution in [0.2, 0.25) is 0 Å². The molecule has 98 valence electrons. The highest BCUT2D eigenvalue weighted by Gasteiger charge is 2.20. The lowest BCUT2D eigenvalue weighted by molar-refractivity contribution is 1.71. The van der Waals surface area contributed by atoms with Crippen molar-refractivity contribution in [1.82, 2.24) is 0 Å². The third-order valence-electron chi connectivity index (χ3n) is 3.40. The highest BCUT2D eigenvalue weighted by molar-refractivity contribution is 14.0. The zero-order valence-electron chi connectivity index (χ0n) is 11.1. The molecule has 0 saturated carbocycles. The molecule has 0 heterocycles. The normalized spacial score (nSPS) is 9.60. The summed E-state index contributed by atoms with van der Waals surface area (Å²) in [6, 6.07) is 32.0. The Morgan fingerprint density at radius 2 is 0.650 bits per heavy atom. The molecule has 2 heteroatoms. The van der Waals surface area contributed by atoms with E-state index in [0.29, 0.717) is 6.71 Å². The van der Waals surface area contributed by atoms with Crippen molar-refractivity contribution in [1.29, 1.82) is 0 Å². The highest BCUT2D eigenvalue weighted by Crippen LogP contribution is 1.95. The smallest absolute Gasteiger partial charge is 0.107 e. The van der Waals surface area contributed by atoms with Crippen LogP contribution in [0.4, 0.5) is 0 Å². The maximum absolute atomic E-state index is 2.20. The molecule has 3 aromatic carbocycles. The fourth-order valence-electron chi connectivity index (χ4n) is 2.51. The van der Waals surface area contributed by atoms with Crippen molar-refractivity contribution in [3.05, 3.63) is 91.0 Å². The first-order valence-corrected chi connectivity index (χ1v) is 6.60. The monoisotopic (exact) mass is 370 g/mol. The fourth-order valence-corrected chi connectivity index (χ4v) is 2.51. The van der Waals surface area contributed by atoms with Gasteiger partial charge in [0.15, 0.2) is 0 Å². The molecule has 0 aliphatic carbocycles. The second-order valence-corrected chi connectivity index (χ2v) is 4.67. The largest absolute Gasteiger partial charge is 0.241 e. The second-order valence-electron chi connectivity index (χ2n) is 4.67. The Balaban J connectivity index is 0.00000147. The Bertz CT molecular complexity index is 529. The van der Waals surface area contributed by atoms with E-state index in [1.165, 1.54) is 16.4 Å². The topological polar surface area (TPSA) is 0 Å². The molecule has 0 unspecified atom stereocenters. The molecule has 0 radical (unpaired) electrons. The van der Waals surface area contributed by atoms with E-state index < -0.39 is 0 Å². The van der Waals surface area contributed by atoms with Gasteiger partial charge in [-0.2, -0.15) is 0 Å². The molecule has 0 bridgehead atoms. The van der Waals surface area contributed by atoms with E-state index in [2.05, 4.69) is 91.0 Å². The molecular formula is C18H16BI. The zero-order chi connectivity index (χ0) is 12.9. The van der Waals surface area contributed by atoms with Crippen molar-refractivity contribution < 1.29 is 0 Å². The van der Waals surface area contributed by atoms with Crippen molar-refractivity contribution in [2.24, 2.45) is 0 Å². The van der Waals surface area contributed by atoms with Crippen LogP contribution < -0.4 is 16.4 Å². The first-order valence-electron chi connectivity index (χ1n) is 6.60. The Hall–Kier alpha value is -1.55. The summed E-state index contributed by atoms with van der Waals surface area (Å²) in [6.07, 6.45) is 0. The van der Waals surface area contributed by atoms with Crippen LogP contribution in [0.5, 0.6) is 0 Å². The first-order chi connectivity index (χ1) is 9.45. The lowest BCUT2D eigenvalue weighted by Gasteiger charge is -2.15. The molecule has 3 rings (SSSR count). The van der Waals surface area contributed by atoms with Gasteiger partial charge >= 0.3 is 0 Å². The minimum absolute atomic E-state index is 0. The Kier molecular flexibility index (Phi) is 5.42. The van der Waals surface area contributed by atoms with Crippen molar-refractivity contribution in [3.8, 4) is 0 Å². The maximum atomic E-state index is 2.20. The van der Waals surface area contributed by atoms with Crippen LogP contribution in [-0.4, -0.2) is 6.71 Å². The van der Waals surface area contributed by atoms with Crippen LogP contribution in [0.25, 0.3) is 0 Å². The van der Waals surface area contributed by atoms with Gasteiger partial charge in [0.2, 0.25) is 6.71 Å². The molecule has 3 aromatic rings. The summed E-state index contributed by atoms with van der Waals surface area (Å²) < 4.78 is 0. The predicted octanol–water partition coefficient (Wildman–Crippen LogP) is 2.82. The summed E-state index contributed by atoms with van der Waals surface area (Å²) in [5.74, 6) is 0. The number of hydrogen-bond acceptors (Lipinski definition) is 0. The minimum Gasteiger partial charge on any atom is -0.107 e. The van der Waals surface area contributed by atoms with E-state index in [9.17, 15) is 0 Å². The van der Waals surface area contributed by atoms with Crippen LogP contribution in [0, 0.1) is 0 Å². The van der Waals surface area contributed by atoms with Crippen LogP contribution in [0.1, 0.15) is 0 Å². The van der Waals surface area contributed by atoms with E-state index >= 15 is 0 Å². The van der Waals surface area contributed by atoms with Crippen molar-refractivity contribution >= 4 is 47.1 Å². The van der Waals surface area contributed by atoms with E-state index in [4.69, 9.17) is 0 Å². The molecule has 0 saturated heterocycles. The van der Waals surface area contributed by atoms with E-state index in [0.717, 1.165) is 0 Å². The molecule has 0 nitrogen and oxygen atoms in total. The maximum Gasteiger partial charge on any atom is 0.241 e. The number of hydrogen-bond donors (Lipinski definition) is 0. The predicted molar refractivity (Wildman–Crippen MR) is 99.4 cm³/mol. The van der Waals surface area contributed by atoms with Crippen molar-refractivity contribution in [3.63, 3.8) is 0 Å². The lowest BCUT2D eigenvalue weighted by atomic mass is 9.37. The molecule has 0 spiro atoms. The van der Waals surface area contributed by atoms with Gasteiger partial charge in [0.1, 0.15) is 0 Å². The molecule has 0 fully saturated rings. The van der Waals surface area contributed by atoms with Crippen LogP contribution in [0.3, 0.4) is 0 Å². The quantitative estimate of drug-likeness (QED) is 0.492. The van der Waals surface area contributed by atoms with E-state index in [1.54, 1.807) is 0 Å². The van der Waals surface area contributed by atoms with Gasteiger partial charge in [-0.1, -0.05) is 107 Å². The summed E-state index contributed by atoms with van der Waals surface area (Å²) in [6.45, 7) is 0.309. The molecule has 0 aliphatic heterocycles. The summed E-state index contributed by atoms with van der Waals surface area (Å²) in [5, 5.41) is 0. The van der Waals surface area contributed by atoms with E-state index in [1.807, 2.05) is 0 Å². The van der Waals surface area contributed by atoms with Gasteiger partial charge < -0.3 is 0 Å². The molecule has 0 amide bonds. The molecule has 0 aromatic heterocycles. The Labute approximate surface area is 138 Å². The molecule has 0 atom stereocenters. The van der Waals surface area contributed by atoms with Crippen LogP contribution in [0.15, 0.2) is 91.0 Å². The van der Waals surface area contributed by atoms with Crippen molar-refractivity contribution in [2.45, 2.75) is 0 Å². The number of benzene rings is 3. The van der Waals surface area contributed by atoms with Gasteiger partial charge in [0.05, 0.1) is 0 Å². The average molecular weight is 370 g/mol. The van der Waals surface area contributed by atoms with Crippen LogP contribution >= 0.6 is 24.0 Å². The number of rotatable bonds is 3. The third kappa shape index (κ3) is 3.31. The van der Waals surface area contributed by atoms with Crippen molar-refractivity contribution in [2.75, 3.05) is 0 Å². The Morgan fingerprint density at radius 1 is 0.400 bits per heavy atom. The standard InChI is InChI=1S/C18H15B.HI/c1-4-10-16(11-5-1)19(17-12-6-2-7-13-17)18-14-8-3-9-15-18;/h1-15H;1H. The zero-order valence-corrected chi connectivity index (χ0v) is 13.5. The minimum atomic E-state index is 0. The number of halogens is 1. The van der Waals surface area contributed by atoms with Gasteiger partial charge in [0, 0.05) is 0 Å². The van der Waals surface area contributed by atoms with Gasteiger partial charge in [-0.25, -0.2) is 0 Å². The van der Waals surface area contributed by atoms with Gasteiger partial charge in [-0.05, 0) is 0 Å². The summed E-state index contributed by atoms with van der Waals surface area (Å²) in [4.78, 5) is 0. The Morgan fingerprint density at radius 3 is 0.900 bits per heavy atom. The van der Waals surface area contributed by atoms with Gasteiger partial charge in [0.25, 0.3) is 0 Å². The molecular weight excluding hydrogens is 354 g/mol. The lowest BCUT2D eigenvalue weighted by Crippen LogP contribution is -2.51. The molecule has 20 heavy (non-hydrogen) atoms. The summed E-state index contributed by atoms with van der Waals surface area (Å²) >= 11 is 0. The average Bonchev–Trinajstić information content (AvgIpc) is 2.51. The highest BCUT2D eigenvalue weighted by atomic mass is 127. The SMILES string of the molecule is I.c1ccc(B(c2ccccc2)c2ccccc2)cc1. The van der Waals surface area contributed by atoms with E-state index in [-0.39, 0.29) is 24.0 Å².